The molecule has 2 rings (SSSR count). The smallest absolute Gasteiger partial charge is 0.136 e. The summed E-state index contributed by atoms with van der Waals surface area (Å²) in [5.74, 6) is 1.40. The quantitative estimate of drug-likeness (QED) is 0.761. The largest absolute Gasteiger partial charge is 0.495 e. The van der Waals surface area contributed by atoms with E-state index in [-0.39, 0.29) is 0 Å². The Labute approximate surface area is 95.6 Å². The van der Waals surface area contributed by atoms with Gasteiger partial charge in [-0.1, -0.05) is 6.07 Å². The van der Waals surface area contributed by atoms with Crippen molar-refractivity contribution in [3.63, 3.8) is 0 Å². The van der Waals surface area contributed by atoms with Gasteiger partial charge in [0.2, 0.25) is 0 Å². The second-order valence-corrected chi connectivity index (χ2v) is 4.10. The van der Waals surface area contributed by atoms with Crippen LogP contribution in [0.25, 0.3) is 0 Å². The highest BCUT2D eigenvalue weighted by molar-refractivity contribution is 5.45. The number of nitrogens with zero attached hydrogens (tertiary/aromatic N) is 1. The lowest BCUT2D eigenvalue weighted by Crippen LogP contribution is -1.98. The van der Waals surface area contributed by atoms with Gasteiger partial charge in [-0.2, -0.15) is 5.26 Å². The van der Waals surface area contributed by atoms with Gasteiger partial charge in [-0.15, -0.1) is 0 Å². The molecule has 0 atom stereocenters. The molecule has 0 radical (unpaired) electrons. The molecular formula is C13H15NO2. The fourth-order valence-electron chi connectivity index (χ4n) is 1.55. The van der Waals surface area contributed by atoms with Crippen LogP contribution in [0.15, 0.2) is 18.2 Å². The van der Waals surface area contributed by atoms with Crippen molar-refractivity contribution in [3.8, 4) is 11.8 Å². The average molecular weight is 217 g/mol. The first-order chi connectivity index (χ1) is 7.83. The van der Waals surface area contributed by atoms with E-state index < -0.39 is 0 Å². The zero-order valence-corrected chi connectivity index (χ0v) is 9.40. The second-order valence-electron chi connectivity index (χ2n) is 4.10. The predicted molar refractivity (Wildman–Crippen MR) is 60.1 cm³/mol. The molecule has 0 aliphatic heterocycles. The summed E-state index contributed by atoms with van der Waals surface area (Å²) in [5.41, 5.74) is 1.62. The molecule has 0 saturated heterocycles. The van der Waals surface area contributed by atoms with Crippen LogP contribution in [0.1, 0.15) is 24.0 Å². The van der Waals surface area contributed by atoms with E-state index in [1.54, 1.807) is 13.2 Å². The minimum atomic E-state index is 0.563. The van der Waals surface area contributed by atoms with Gasteiger partial charge in [-0.05, 0) is 36.5 Å². The number of hydrogen-bond donors (Lipinski definition) is 0. The van der Waals surface area contributed by atoms with E-state index in [1.807, 2.05) is 12.1 Å². The predicted octanol–water partition coefficient (Wildman–Crippen LogP) is 2.49. The van der Waals surface area contributed by atoms with Gasteiger partial charge in [0.15, 0.2) is 0 Å². The molecule has 1 aromatic rings. The molecule has 3 nitrogen and oxygen atoms in total. The van der Waals surface area contributed by atoms with E-state index in [4.69, 9.17) is 14.7 Å². The van der Waals surface area contributed by atoms with Crippen molar-refractivity contribution in [2.45, 2.75) is 19.4 Å². The zero-order valence-electron chi connectivity index (χ0n) is 9.40. The lowest BCUT2D eigenvalue weighted by atomic mass is 10.1. The number of nitriles is 1. The molecule has 16 heavy (non-hydrogen) atoms. The van der Waals surface area contributed by atoms with Crippen molar-refractivity contribution < 1.29 is 9.47 Å². The molecule has 0 spiro atoms. The van der Waals surface area contributed by atoms with Crippen LogP contribution in [0.5, 0.6) is 5.75 Å². The maximum atomic E-state index is 8.84. The summed E-state index contributed by atoms with van der Waals surface area (Å²) in [6.45, 7) is 1.45. The third kappa shape index (κ3) is 2.74. The van der Waals surface area contributed by atoms with E-state index in [9.17, 15) is 0 Å². The van der Waals surface area contributed by atoms with Gasteiger partial charge in [-0.25, -0.2) is 0 Å². The van der Waals surface area contributed by atoms with Gasteiger partial charge in [0.25, 0.3) is 0 Å². The van der Waals surface area contributed by atoms with Crippen LogP contribution < -0.4 is 4.74 Å². The van der Waals surface area contributed by atoms with Crippen molar-refractivity contribution in [3.05, 3.63) is 29.3 Å². The fourth-order valence-corrected chi connectivity index (χ4v) is 1.55. The first-order valence-electron chi connectivity index (χ1n) is 5.48. The van der Waals surface area contributed by atoms with Crippen LogP contribution in [-0.2, 0) is 11.3 Å². The Hall–Kier alpha value is -1.53. The molecule has 1 aliphatic carbocycles. The maximum Gasteiger partial charge on any atom is 0.136 e. The summed E-state index contributed by atoms with van der Waals surface area (Å²) in [6.07, 6.45) is 2.60. The fraction of sp³-hybridized carbons (Fsp3) is 0.462. The van der Waals surface area contributed by atoms with Crippen molar-refractivity contribution in [2.75, 3.05) is 13.7 Å². The van der Waals surface area contributed by atoms with E-state index >= 15 is 0 Å². The van der Waals surface area contributed by atoms with E-state index in [1.165, 1.54) is 12.8 Å². The highest BCUT2D eigenvalue weighted by Gasteiger charge is 2.21. The summed E-state index contributed by atoms with van der Waals surface area (Å²) >= 11 is 0. The standard InChI is InChI=1S/C13H15NO2/c1-15-13-6-11(4-5-12(13)7-14)9-16-8-10-2-3-10/h4-6,10H,2-3,8-9H2,1H3. The Balaban J connectivity index is 1.95. The number of rotatable bonds is 5. The molecule has 0 bridgehead atoms. The molecule has 0 unspecified atom stereocenters. The molecule has 0 heterocycles. The normalized spacial score (nSPS) is 14.5. The molecule has 0 aromatic heterocycles. The zero-order chi connectivity index (χ0) is 11.4. The summed E-state index contributed by atoms with van der Waals surface area (Å²) in [5, 5.41) is 8.84. The van der Waals surface area contributed by atoms with Gasteiger partial charge < -0.3 is 9.47 Å². The Morgan fingerprint density at radius 1 is 1.44 bits per heavy atom. The average Bonchev–Trinajstić information content (AvgIpc) is 3.13. The third-order valence-electron chi connectivity index (χ3n) is 2.71. The Morgan fingerprint density at radius 3 is 2.88 bits per heavy atom. The minimum absolute atomic E-state index is 0.563. The van der Waals surface area contributed by atoms with Crippen LogP contribution in [0, 0.1) is 17.2 Å². The number of hydrogen-bond acceptors (Lipinski definition) is 3. The molecule has 1 aliphatic rings. The van der Waals surface area contributed by atoms with Crippen LogP contribution in [0.3, 0.4) is 0 Å². The van der Waals surface area contributed by atoms with Gasteiger partial charge in [0.05, 0.1) is 19.3 Å². The SMILES string of the molecule is COc1cc(COCC2CC2)ccc1C#N. The monoisotopic (exact) mass is 217 g/mol. The Kier molecular flexibility index (Phi) is 3.43. The second kappa shape index (κ2) is 5.00. The van der Waals surface area contributed by atoms with E-state index in [2.05, 4.69) is 6.07 Å². The lowest BCUT2D eigenvalue weighted by molar-refractivity contribution is 0.111. The number of methoxy groups -OCH3 is 1. The molecule has 84 valence electrons. The van der Waals surface area contributed by atoms with Crippen LogP contribution in [-0.4, -0.2) is 13.7 Å². The lowest BCUT2D eigenvalue weighted by Gasteiger charge is -2.07. The molecule has 0 N–H and O–H groups in total. The van der Waals surface area contributed by atoms with Crippen molar-refractivity contribution >= 4 is 0 Å². The van der Waals surface area contributed by atoms with Crippen molar-refractivity contribution in [1.29, 1.82) is 5.26 Å². The number of ether oxygens (including phenoxy) is 2. The summed E-state index contributed by atoms with van der Waals surface area (Å²) < 4.78 is 10.7. The molecule has 0 amide bonds. The highest BCUT2D eigenvalue weighted by atomic mass is 16.5. The summed E-state index contributed by atoms with van der Waals surface area (Å²) in [6, 6.07) is 7.64. The molecular weight excluding hydrogens is 202 g/mol. The molecule has 3 heteroatoms. The summed E-state index contributed by atoms with van der Waals surface area (Å²) in [4.78, 5) is 0. The minimum Gasteiger partial charge on any atom is -0.495 e. The number of benzene rings is 1. The molecule has 1 saturated carbocycles. The maximum absolute atomic E-state index is 8.84. The molecule has 1 fully saturated rings. The van der Waals surface area contributed by atoms with Gasteiger partial charge in [0, 0.05) is 6.61 Å². The Bertz CT molecular complexity index is 405. The molecule has 1 aromatic carbocycles. The highest BCUT2D eigenvalue weighted by Crippen LogP contribution is 2.29. The van der Waals surface area contributed by atoms with Gasteiger partial charge >= 0.3 is 0 Å². The van der Waals surface area contributed by atoms with Crippen molar-refractivity contribution in [1.82, 2.24) is 0 Å². The topological polar surface area (TPSA) is 42.2 Å². The van der Waals surface area contributed by atoms with E-state index in [0.29, 0.717) is 17.9 Å². The van der Waals surface area contributed by atoms with Crippen LogP contribution in [0.2, 0.25) is 0 Å². The van der Waals surface area contributed by atoms with Crippen LogP contribution in [0.4, 0.5) is 0 Å². The van der Waals surface area contributed by atoms with Gasteiger partial charge in [0.1, 0.15) is 11.8 Å². The first-order valence-corrected chi connectivity index (χ1v) is 5.48. The third-order valence-corrected chi connectivity index (χ3v) is 2.71. The van der Waals surface area contributed by atoms with Crippen molar-refractivity contribution in [2.24, 2.45) is 5.92 Å². The van der Waals surface area contributed by atoms with Gasteiger partial charge in [-0.3, -0.25) is 0 Å². The van der Waals surface area contributed by atoms with E-state index in [0.717, 1.165) is 18.1 Å². The summed E-state index contributed by atoms with van der Waals surface area (Å²) in [7, 11) is 1.57. The van der Waals surface area contributed by atoms with Crippen LogP contribution >= 0.6 is 0 Å². The Morgan fingerprint density at radius 2 is 2.25 bits per heavy atom. The first kappa shape index (κ1) is 11.0.